The quantitative estimate of drug-likeness (QED) is 0.421. The minimum Gasteiger partial charge on any atom is -0.378 e. The van der Waals surface area contributed by atoms with E-state index < -0.39 is 16.5 Å². The molecule has 0 aliphatic rings. The Morgan fingerprint density at radius 1 is 1.60 bits per heavy atom. The molecule has 1 heterocycles. The fourth-order valence-corrected chi connectivity index (χ4v) is 0.873. The molecular formula is C6H8N6O3. The first-order valence-electron chi connectivity index (χ1n) is 3.79. The van der Waals surface area contributed by atoms with Crippen molar-refractivity contribution in [2.45, 2.75) is 0 Å². The predicted molar refractivity (Wildman–Crippen MR) is 50.8 cm³/mol. The maximum Gasteiger partial charge on any atom is 0.352 e. The molecule has 9 heteroatoms. The third-order valence-electron chi connectivity index (χ3n) is 1.46. The van der Waals surface area contributed by atoms with Gasteiger partial charge < -0.3 is 16.8 Å². The molecule has 0 saturated heterocycles. The third kappa shape index (κ3) is 2.49. The summed E-state index contributed by atoms with van der Waals surface area (Å²) in [6.45, 7) is -0.267. The number of carbonyl (C=O) groups is 1. The lowest BCUT2D eigenvalue weighted by atomic mass is 10.4. The van der Waals surface area contributed by atoms with Crippen LogP contribution in [0.4, 0.5) is 17.3 Å². The molecule has 15 heavy (non-hydrogen) atoms. The molecule has 0 aliphatic heterocycles. The zero-order valence-corrected chi connectivity index (χ0v) is 7.51. The number of amides is 1. The van der Waals surface area contributed by atoms with Crippen LogP contribution in [0.1, 0.15) is 0 Å². The van der Waals surface area contributed by atoms with Crippen LogP contribution in [0.3, 0.4) is 0 Å². The second kappa shape index (κ2) is 4.17. The van der Waals surface area contributed by atoms with Gasteiger partial charge in [0.25, 0.3) is 0 Å². The highest BCUT2D eigenvalue weighted by atomic mass is 16.6. The zero-order valence-electron chi connectivity index (χ0n) is 7.51. The maximum atomic E-state index is 10.6. The van der Waals surface area contributed by atoms with Gasteiger partial charge in [0.15, 0.2) is 0 Å². The molecule has 1 aromatic rings. The second-order valence-electron chi connectivity index (χ2n) is 2.53. The van der Waals surface area contributed by atoms with Gasteiger partial charge in [0.1, 0.15) is 6.33 Å². The van der Waals surface area contributed by atoms with Crippen molar-refractivity contribution in [2.24, 2.45) is 5.73 Å². The molecular weight excluding hydrogens is 204 g/mol. The van der Waals surface area contributed by atoms with E-state index in [0.29, 0.717) is 0 Å². The Morgan fingerprint density at radius 2 is 2.27 bits per heavy atom. The van der Waals surface area contributed by atoms with Crippen molar-refractivity contribution in [2.75, 3.05) is 17.6 Å². The van der Waals surface area contributed by atoms with E-state index in [9.17, 15) is 14.9 Å². The van der Waals surface area contributed by atoms with E-state index in [0.717, 1.165) is 6.33 Å². The Hall–Kier alpha value is -2.45. The van der Waals surface area contributed by atoms with Crippen LogP contribution in [0.25, 0.3) is 0 Å². The first-order valence-corrected chi connectivity index (χ1v) is 3.79. The smallest absolute Gasteiger partial charge is 0.352 e. The summed E-state index contributed by atoms with van der Waals surface area (Å²) in [6, 6.07) is 0. The van der Waals surface area contributed by atoms with E-state index in [4.69, 9.17) is 11.5 Å². The Morgan fingerprint density at radius 3 is 2.80 bits per heavy atom. The zero-order chi connectivity index (χ0) is 11.4. The first kappa shape index (κ1) is 10.6. The average Bonchev–Trinajstić information content (AvgIpc) is 2.13. The van der Waals surface area contributed by atoms with Gasteiger partial charge in [0.2, 0.25) is 17.5 Å². The summed E-state index contributed by atoms with van der Waals surface area (Å²) in [5.41, 5.74) is 9.66. The average molecular weight is 212 g/mol. The fraction of sp³-hybridized carbons (Fsp3) is 0.167. The summed E-state index contributed by atoms with van der Waals surface area (Å²) in [7, 11) is 0. The van der Waals surface area contributed by atoms with Crippen LogP contribution in [0.5, 0.6) is 0 Å². The molecule has 9 nitrogen and oxygen atoms in total. The number of rotatable bonds is 4. The van der Waals surface area contributed by atoms with Gasteiger partial charge in [-0.2, -0.15) is 0 Å². The number of nitrogens with two attached hydrogens (primary N) is 2. The SMILES string of the molecule is NC(=O)CNc1ncnc(N)c1[N+](=O)[O-]. The number of aromatic nitrogens is 2. The molecule has 0 aliphatic carbocycles. The van der Waals surface area contributed by atoms with E-state index in [1.165, 1.54) is 0 Å². The topological polar surface area (TPSA) is 150 Å². The molecule has 1 aromatic heterocycles. The van der Waals surface area contributed by atoms with Gasteiger partial charge in [-0.15, -0.1) is 0 Å². The molecule has 0 spiro atoms. The van der Waals surface area contributed by atoms with Crippen molar-refractivity contribution in [1.82, 2.24) is 9.97 Å². The third-order valence-corrected chi connectivity index (χ3v) is 1.46. The van der Waals surface area contributed by atoms with Gasteiger partial charge in [-0.25, -0.2) is 9.97 Å². The van der Waals surface area contributed by atoms with E-state index in [-0.39, 0.29) is 18.2 Å². The van der Waals surface area contributed by atoms with Gasteiger partial charge in [0.05, 0.1) is 11.5 Å². The lowest BCUT2D eigenvalue weighted by molar-refractivity contribution is -0.383. The molecule has 80 valence electrons. The number of nitro groups is 1. The van der Waals surface area contributed by atoms with Crippen molar-refractivity contribution in [3.8, 4) is 0 Å². The molecule has 1 amide bonds. The van der Waals surface area contributed by atoms with E-state index in [1.54, 1.807) is 0 Å². The summed E-state index contributed by atoms with van der Waals surface area (Å²) >= 11 is 0. The van der Waals surface area contributed by atoms with Gasteiger partial charge in [0, 0.05) is 0 Å². The van der Waals surface area contributed by atoms with Crippen molar-refractivity contribution < 1.29 is 9.72 Å². The number of anilines is 2. The van der Waals surface area contributed by atoms with E-state index in [2.05, 4.69) is 15.3 Å². The van der Waals surface area contributed by atoms with Gasteiger partial charge >= 0.3 is 5.69 Å². The van der Waals surface area contributed by atoms with Crippen LogP contribution in [0, 0.1) is 10.1 Å². The molecule has 0 saturated carbocycles. The number of carbonyl (C=O) groups excluding carboxylic acids is 1. The highest BCUT2D eigenvalue weighted by Gasteiger charge is 2.20. The Balaban J connectivity index is 3.01. The van der Waals surface area contributed by atoms with Crippen molar-refractivity contribution in [1.29, 1.82) is 0 Å². The molecule has 0 atom stereocenters. The second-order valence-corrected chi connectivity index (χ2v) is 2.53. The lowest BCUT2D eigenvalue weighted by Gasteiger charge is -2.03. The van der Waals surface area contributed by atoms with Crippen LogP contribution in [-0.2, 0) is 4.79 Å². The molecule has 0 radical (unpaired) electrons. The summed E-state index contributed by atoms with van der Waals surface area (Å²) in [6.07, 6.45) is 1.05. The van der Waals surface area contributed by atoms with E-state index in [1.807, 2.05) is 0 Å². The summed E-state index contributed by atoms with van der Waals surface area (Å²) in [4.78, 5) is 27.3. The molecule has 5 N–H and O–H groups in total. The van der Waals surface area contributed by atoms with Gasteiger partial charge in [-0.1, -0.05) is 0 Å². The number of hydrogen-bond donors (Lipinski definition) is 3. The molecule has 0 fully saturated rings. The predicted octanol–water partition coefficient (Wildman–Crippen LogP) is -1.14. The van der Waals surface area contributed by atoms with Crippen molar-refractivity contribution in [3.05, 3.63) is 16.4 Å². The van der Waals surface area contributed by atoms with Gasteiger partial charge in [-0.05, 0) is 0 Å². The van der Waals surface area contributed by atoms with Crippen LogP contribution in [0.2, 0.25) is 0 Å². The molecule has 0 bridgehead atoms. The highest BCUT2D eigenvalue weighted by molar-refractivity contribution is 5.80. The van der Waals surface area contributed by atoms with Crippen LogP contribution >= 0.6 is 0 Å². The van der Waals surface area contributed by atoms with E-state index >= 15 is 0 Å². The number of nitrogen functional groups attached to an aromatic ring is 1. The normalized spacial score (nSPS) is 9.60. The monoisotopic (exact) mass is 212 g/mol. The number of nitrogens with one attached hydrogen (secondary N) is 1. The fourth-order valence-electron chi connectivity index (χ4n) is 0.873. The molecule has 1 rings (SSSR count). The van der Waals surface area contributed by atoms with Crippen molar-refractivity contribution in [3.63, 3.8) is 0 Å². The van der Waals surface area contributed by atoms with Crippen LogP contribution < -0.4 is 16.8 Å². The summed E-state index contributed by atoms with van der Waals surface area (Å²) < 4.78 is 0. The first-order chi connectivity index (χ1) is 7.02. The maximum absolute atomic E-state index is 10.6. The highest BCUT2D eigenvalue weighted by Crippen LogP contribution is 2.25. The number of nitrogens with zero attached hydrogens (tertiary/aromatic N) is 3. The Labute approximate surface area is 83.6 Å². The largest absolute Gasteiger partial charge is 0.378 e. The van der Waals surface area contributed by atoms with Crippen molar-refractivity contribution >= 4 is 23.2 Å². The minimum absolute atomic E-state index is 0.133. The lowest BCUT2D eigenvalue weighted by Crippen LogP contribution is -2.23. The summed E-state index contributed by atoms with van der Waals surface area (Å²) in [5, 5.41) is 13.0. The summed E-state index contributed by atoms with van der Waals surface area (Å²) in [5.74, 6) is -1.07. The number of hydrogen-bond acceptors (Lipinski definition) is 7. The van der Waals surface area contributed by atoms with Crippen LogP contribution in [-0.4, -0.2) is 27.3 Å². The standard InChI is InChI=1S/C6H8N6O3/c7-3(13)1-9-6-4(12(14)15)5(8)10-2-11-6/h2H,1H2,(H2,7,13)(H3,8,9,10,11). The number of primary amides is 1. The molecule has 0 unspecified atom stereocenters. The molecule has 0 aromatic carbocycles. The Bertz CT molecular complexity index is 406. The van der Waals surface area contributed by atoms with Gasteiger partial charge in [-0.3, -0.25) is 14.9 Å². The Kier molecular flexibility index (Phi) is 2.96. The minimum atomic E-state index is -0.737. The van der Waals surface area contributed by atoms with Crippen LogP contribution in [0.15, 0.2) is 6.33 Å².